The van der Waals surface area contributed by atoms with E-state index in [4.69, 9.17) is 0 Å². The van der Waals surface area contributed by atoms with Crippen LogP contribution in [0.25, 0.3) is 0 Å². The zero-order valence-corrected chi connectivity index (χ0v) is 10.3. The molecule has 1 fully saturated rings. The van der Waals surface area contributed by atoms with Crippen molar-refractivity contribution >= 4 is 11.6 Å². The maximum absolute atomic E-state index is 12.1. The number of likely N-dealkylation sites (N-methyl/N-ethyl adjacent to an activating group) is 1. The third kappa shape index (κ3) is 2.19. The van der Waals surface area contributed by atoms with Gasteiger partial charge in [-0.1, -0.05) is 6.07 Å². The lowest BCUT2D eigenvalue weighted by molar-refractivity contribution is -0.385. The van der Waals surface area contributed by atoms with E-state index in [1.165, 1.54) is 6.07 Å². The molecule has 0 atom stereocenters. The van der Waals surface area contributed by atoms with Gasteiger partial charge in [-0.05, 0) is 13.0 Å². The van der Waals surface area contributed by atoms with Crippen LogP contribution in [0.2, 0.25) is 0 Å². The predicted octanol–water partition coefficient (Wildman–Crippen LogP) is 0.947. The summed E-state index contributed by atoms with van der Waals surface area (Å²) in [7, 11) is 1.72. The van der Waals surface area contributed by atoms with Crippen molar-refractivity contribution in [1.82, 2.24) is 10.2 Å². The molecule has 0 aliphatic carbocycles. The van der Waals surface area contributed by atoms with Gasteiger partial charge in [0.2, 0.25) is 0 Å². The van der Waals surface area contributed by atoms with Gasteiger partial charge in [0.25, 0.3) is 11.6 Å². The van der Waals surface area contributed by atoms with Gasteiger partial charge >= 0.3 is 0 Å². The number of hydrogen-bond donors (Lipinski definition) is 1. The van der Waals surface area contributed by atoms with Gasteiger partial charge in [-0.15, -0.1) is 0 Å². The second-order valence-electron chi connectivity index (χ2n) is 4.49. The molecule has 0 spiro atoms. The van der Waals surface area contributed by atoms with Gasteiger partial charge in [0.15, 0.2) is 0 Å². The number of benzene rings is 1. The number of nitro benzene ring substituents is 1. The first kappa shape index (κ1) is 12.5. The summed E-state index contributed by atoms with van der Waals surface area (Å²) in [4.78, 5) is 24.1. The number of carbonyl (C=O) groups excluding carboxylic acids is 1. The van der Waals surface area contributed by atoms with Gasteiger partial charge in [0.1, 0.15) is 0 Å². The number of rotatable bonds is 3. The summed E-state index contributed by atoms with van der Waals surface area (Å²) in [6, 6.07) is 4.77. The van der Waals surface area contributed by atoms with Crippen LogP contribution in [0.5, 0.6) is 0 Å². The maximum Gasteiger partial charge on any atom is 0.273 e. The smallest absolute Gasteiger partial charge is 0.273 e. The van der Waals surface area contributed by atoms with E-state index in [2.05, 4.69) is 5.32 Å². The Balaban J connectivity index is 2.24. The van der Waals surface area contributed by atoms with Crippen LogP contribution >= 0.6 is 0 Å². The van der Waals surface area contributed by atoms with E-state index in [1.54, 1.807) is 31.0 Å². The first-order valence-corrected chi connectivity index (χ1v) is 5.73. The topological polar surface area (TPSA) is 75.5 Å². The molecule has 0 radical (unpaired) electrons. The van der Waals surface area contributed by atoms with E-state index in [0.29, 0.717) is 11.1 Å². The molecular weight excluding hydrogens is 234 g/mol. The van der Waals surface area contributed by atoms with Crippen LogP contribution in [0.15, 0.2) is 18.2 Å². The first-order chi connectivity index (χ1) is 8.50. The summed E-state index contributed by atoms with van der Waals surface area (Å²) >= 11 is 0. The van der Waals surface area contributed by atoms with Gasteiger partial charge in [0, 0.05) is 37.3 Å². The average molecular weight is 249 g/mol. The van der Waals surface area contributed by atoms with E-state index < -0.39 is 4.92 Å². The van der Waals surface area contributed by atoms with Crippen LogP contribution in [0.4, 0.5) is 5.69 Å². The molecule has 0 bridgehead atoms. The number of nitrogens with one attached hydrogen (secondary N) is 1. The molecule has 1 saturated heterocycles. The van der Waals surface area contributed by atoms with Gasteiger partial charge in [-0.2, -0.15) is 0 Å². The third-order valence-electron chi connectivity index (χ3n) is 3.28. The van der Waals surface area contributed by atoms with E-state index >= 15 is 0 Å². The van der Waals surface area contributed by atoms with Gasteiger partial charge in [0.05, 0.1) is 11.0 Å². The fourth-order valence-corrected chi connectivity index (χ4v) is 1.86. The molecule has 96 valence electrons. The predicted molar refractivity (Wildman–Crippen MR) is 66.6 cm³/mol. The summed E-state index contributed by atoms with van der Waals surface area (Å²) < 4.78 is 0. The summed E-state index contributed by atoms with van der Waals surface area (Å²) in [6.07, 6.45) is 0. The van der Waals surface area contributed by atoms with Crippen LogP contribution in [0, 0.1) is 17.0 Å². The SMILES string of the molecule is Cc1ccc(C(=O)N(C)C2CNC2)cc1[N+](=O)[O-]. The Morgan fingerprint density at radius 3 is 2.67 bits per heavy atom. The highest BCUT2D eigenvalue weighted by molar-refractivity contribution is 5.95. The Morgan fingerprint density at radius 1 is 1.50 bits per heavy atom. The van der Waals surface area contributed by atoms with Crippen molar-refractivity contribution < 1.29 is 9.72 Å². The quantitative estimate of drug-likeness (QED) is 0.639. The molecule has 18 heavy (non-hydrogen) atoms. The lowest BCUT2D eigenvalue weighted by atomic mass is 10.1. The lowest BCUT2D eigenvalue weighted by Crippen LogP contribution is -2.57. The number of nitro groups is 1. The minimum absolute atomic E-state index is 0.0130. The molecule has 2 rings (SSSR count). The molecule has 1 aliphatic heterocycles. The number of nitrogens with zero attached hydrogens (tertiary/aromatic N) is 2. The van der Waals surface area contributed by atoms with Crippen LogP contribution in [-0.2, 0) is 0 Å². The van der Waals surface area contributed by atoms with Crippen LogP contribution in [0.1, 0.15) is 15.9 Å². The normalized spacial score (nSPS) is 15.0. The minimum Gasteiger partial charge on any atom is -0.336 e. The van der Waals surface area contributed by atoms with E-state index in [0.717, 1.165) is 13.1 Å². The summed E-state index contributed by atoms with van der Waals surface area (Å²) in [5, 5.41) is 13.9. The second kappa shape index (κ2) is 4.73. The fraction of sp³-hybridized carbons (Fsp3) is 0.417. The molecule has 1 aromatic rings. The Bertz CT molecular complexity index is 497. The molecule has 1 amide bonds. The summed E-state index contributed by atoms with van der Waals surface area (Å²) in [5.74, 6) is -0.176. The molecule has 6 heteroatoms. The number of carbonyl (C=O) groups is 1. The zero-order valence-electron chi connectivity index (χ0n) is 10.3. The minimum atomic E-state index is -0.461. The zero-order chi connectivity index (χ0) is 13.3. The fourth-order valence-electron chi connectivity index (χ4n) is 1.86. The van der Waals surface area contributed by atoms with Gasteiger partial charge in [-0.25, -0.2) is 0 Å². The highest BCUT2D eigenvalue weighted by atomic mass is 16.6. The second-order valence-corrected chi connectivity index (χ2v) is 4.49. The van der Waals surface area contributed by atoms with Crippen molar-refractivity contribution in [3.8, 4) is 0 Å². The molecule has 0 unspecified atom stereocenters. The van der Waals surface area contributed by atoms with Crippen molar-refractivity contribution in [3.05, 3.63) is 39.4 Å². The lowest BCUT2D eigenvalue weighted by Gasteiger charge is -2.35. The molecule has 1 aromatic carbocycles. The Kier molecular flexibility index (Phi) is 3.29. The van der Waals surface area contributed by atoms with E-state index in [-0.39, 0.29) is 17.6 Å². The number of aryl methyl sites for hydroxylation is 1. The molecule has 1 heterocycles. The Labute approximate surface area is 105 Å². The van der Waals surface area contributed by atoms with Crippen molar-refractivity contribution in [2.24, 2.45) is 0 Å². The van der Waals surface area contributed by atoms with Gasteiger partial charge < -0.3 is 10.2 Å². The maximum atomic E-state index is 12.1. The van der Waals surface area contributed by atoms with Crippen LogP contribution < -0.4 is 5.32 Å². The van der Waals surface area contributed by atoms with Crippen LogP contribution in [0.3, 0.4) is 0 Å². The standard InChI is InChI=1S/C12H15N3O3/c1-8-3-4-9(5-11(8)15(17)18)12(16)14(2)10-6-13-7-10/h3-5,10,13H,6-7H2,1-2H3. The van der Waals surface area contributed by atoms with Crippen molar-refractivity contribution in [2.45, 2.75) is 13.0 Å². The van der Waals surface area contributed by atoms with Crippen molar-refractivity contribution in [2.75, 3.05) is 20.1 Å². The number of amides is 1. The molecule has 0 saturated carbocycles. The number of hydrogen-bond acceptors (Lipinski definition) is 4. The van der Waals surface area contributed by atoms with E-state index in [1.807, 2.05) is 0 Å². The monoisotopic (exact) mass is 249 g/mol. The third-order valence-corrected chi connectivity index (χ3v) is 3.28. The highest BCUT2D eigenvalue weighted by Gasteiger charge is 2.27. The summed E-state index contributed by atoms with van der Waals surface area (Å²) in [5.41, 5.74) is 0.909. The first-order valence-electron chi connectivity index (χ1n) is 5.73. The molecule has 0 aromatic heterocycles. The summed E-state index contributed by atoms with van der Waals surface area (Å²) in [6.45, 7) is 3.21. The largest absolute Gasteiger partial charge is 0.336 e. The Morgan fingerprint density at radius 2 is 2.17 bits per heavy atom. The molecule has 1 aliphatic rings. The average Bonchev–Trinajstić information content (AvgIpc) is 2.26. The Hall–Kier alpha value is -1.95. The van der Waals surface area contributed by atoms with Crippen LogP contribution in [-0.4, -0.2) is 41.9 Å². The molecule has 6 nitrogen and oxygen atoms in total. The van der Waals surface area contributed by atoms with Gasteiger partial charge in [-0.3, -0.25) is 14.9 Å². The highest BCUT2D eigenvalue weighted by Crippen LogP contribution is 2.20. The van der Waals surface area contributed by atoms with Crippen molar-refractivity contribution in [1.29, 1.82) is 0 Å². The molecule has 1 N–H and O–H groups in total. The van der Waals surface area contributed by atoms with E-state index in [9.17, 15) is 14.9 Å². The molecular formula is C12H15N3O3. The van der Waals surface area contributed by atoms with Crippen molar-refractivity contribution in [3.63, 3.8) is 0 Å².